The monoisotopic (exact) mass is 301 g/mol. The molecule has 0 radical (unpaired) electrons. The Hall–Kier alpha value is -2.40. The van der Waals surface area contributed by atoms with Crippen LogP contribution >= 0.6 is 0 Å². The summed E-state index contributed by atoms with van der Waals surface area (Å²) >= 11 is 0. The zero-order valence-electron chi connectivity index (χ0n) is 12.9. The largest absolute Gasteiger partial charge is 0.462 e. The third-order valence-corrected chi connectivity index (χ3v) is 3.64. The highest BCUT2D eigenvalue weighted by molar-refractivity contribution is 6.08. The van der Waals surface area contributed by atoms with E-state index in [0.29, 0.717) is 5.56 Å². The molecular weight excluding hydrogens is 282 g/mol. The van der Waals surface area contributed by atoms with Crippen LogP contribution in [0.1, 0.15) is 24.2 Å². The highest BCUT2D eigenvalue weighted by atomic mass is 16.6. The van der Waals surface area contributed by atoms with Crippen LogP contribution in [0.4, 0.5) is 0 Å². The van der Waals surface area contributed by atoms with Crippen molar-refractivity contribution in [3.63, 3.8) is 0 Å². The normalized spacial score (nSPS) is 13.5. The van der Waals surface area contributed by atoms with Crippen molar-refractivity contribution in [3.05, 3.63) is 48.0 Å². The van der Waals surface area contributed by atoms with Gasteiger partial charge in [0.05, 0.1) is 6.61 Å². The van der Waals surface area contributed by atoms with E-state index in [0.717, 1.165) is 15.7 Å². The van der Waals surface area contributed by atoms with Gasteiger partial charge in [0, 0.05) is 12.6 Å². The molecule has 0 aliphatic carbocycles. The Bertz CT molecular complexity index is 703. The summed E-state index contributed by atoms with van der Waals surface area (Å²) in [6, 6.07) is 12.8. The van der Waals surface area contributed by atoms with Gasteiger partial charge in [-0.15, -0.1) is 0 Å². The average Bonchev–Trinajstić information content (AvgIpc) is 2.53. The van der Waals surface area contributed by atoms with Gasteiger partial charge in [0.2, 0.25) is 5.72 Å². The molecule has 0 saturated carbocycles. The number of fused-ring (bicyclic) bond motifs is 1. The van der Waals surface area contributed by atoms with Crippen LogP contribution in [0.3, 0.4) is 0 Å². The van der Waals surface area contributed by atoms with Crippen LogP contribution in [-0.2, 0) is 9.53 Å². The Kier molecular flexibility index (Phi) is 4.47. The van der Waals surface area contributed by atoms with Gasteiger partial charge in [-0.3, -0.25) is 4.79 Å². The van der Waals surface area contributed by atoms with Gasteiger partial charge < -0.3 is 14.7 Å². The molecule has 0 spiro atoms. The van der Waals surface area contributed by atoms with Crippen molar-refractivity contribution in [1.29, 1.82) is 0 Å². The van der Waals surface area contributed by atoms with E-state index in [1.165, 1.54) is 14.0 Å². The highest BCUT2D eigenvalue weighted by Crippen LogP contribution is 2.22. The average molecular weight is 301 g/mol. The SMILES string of the molecule is CCOC(=O)C(C)(O)N(C)C(=O)c1cccc2ccccc12. The van der Waals surface area contributed by atoms with Crippen LogP contribution < -0.4 is 0 Å². The van der Waals surface area contributed by atoms with Gasteiger partial charge in [-0.25, -0.2) is 4.79 Å². The van der Waals surface area contributed by atoms with Crippen molar-refractivity contribution < 1.29 is 19.4 Å². The second kappa shape index (κ2) is 6.15. The molecule has 0 aromatic heterocycles. The maximum atomic E-state index is 12.7. The Morgan fingerprint density at radius 3 is 2.50 bits per heavy atom. The lowest BCUT2D eigenvalue weighted by Gasteiger charge is -2.31. The Balaban J connectivity index is 2.40. The summed E-state index contributed by atoms with van der Waals surface area (Å²) < 4.78 is 4.82. The molecule has 0 aliphatic rings. The molecule has 5 heteroatoms. The van der Waals surface area contributed by atoms with E-state index in [1.54, 1.807) is 19.1 Å². The van der Waals surface area contributed by atoms with Crippen molar-refractivity contribution in [2.45, 2.75) is 19.6 Å². The molecule has 1 unspecified atom stereocenters. The first-order valence-corrected chi connectivity index (χ1v) is 7.05. The quantitative estimate of drug-likeness (QED) is 0.694. The second-order valence-corrected chi connectivity index (χ2v) is 5.13. The third kappa shape index (κ3) is 2.80. The lowest BCUT2D eigenvalue weighted by atomic mass is 10.0. The minimum absolute atomic E-state index is 0.130. The first-order chi connectivity index (χ1) is 10.4. The highest BCUT2D eigenvalue weighted by Gasteiger charge is 2.40. The van der Waals surface area contributed by atoms with Gasteiger partial charge in [0.15, 0.2) is 0 Å². The molecule has 2 aromatic carbocycles. The Morgan fingerprint density at radius 2 is 1.82 bits per heavy atom. The van der Waals surface area contributed by atoms with Gasteiger partial charge >= 0.3 is 5.97 Å². The fourth-order valence-electron chi connectivity index (χ4n) is 2.20. The summed E-state index contributed by atoms with van der Waals surface area (Å²) in [5.74, 6) is -1.30. The Labute approximate surface area is 129 Å². The summed E-state index contributed by atoms with van der Waals surface area (Å²) in [4.78, 5) is 25.5. The van der Waals surface area contributed by atoms with Crippen LogP contribution in [0.15, 0.2) is 42.5 Å². The summed E-state index contributed by atoms with van der Waals surface area (Å²) in [7, 11) is 1.38. The molecule has 0 aliphatic heterocycles. The molecule has 0 fully saturated rings. The van der Waals surface area contributed by atoms with E-state index in [1.807, 2.05) is 30.3 Å². The van der Waals surface area contributed by atoms with E-state index in [-0.39, 0.29) is 6.61 Å². The number of carbonyl (C=O) groups excluding carboxylic acids is 2. The number of nitrogens with zero attached hydrogens (tertiary/aromatic N) is 1. The molecule has 1 atom stereocenters. The van der Waals surface area contributed by atoms with Crippen molar-refractivity contribution in [3.8, 4) is 0 Å². The third-order valence-electron chi connectivity index (χ3n) is 3.64. The van der Waals surface area contributed by atoms with Gasteiger partial charge in [0.1, 0.15) is 0 Å². The molecular formula is C17H19NO4. The predicted molar refractivity (Wildman–Crippen MR) is 83.3 cm³/mol. The van der Waals surface area contributed by atoms with E-state index in [4.69, 9.17) is 4.74 Å². The number of esters is 1. The van der Waals surface area contributed by atoms with E-state index in [9.17, 15) is 14.7 Å². The van der Waals surface area contributed by atoms with E-state index in [2.05, 4.69) is 0 Å². The van der Waals surface area contributed by atoms with Crippen LogP contribution in [0.2, 0.25) is 0 Å². The zero-order chi connectivity index (χ0) is 16.3. The lowest BCUT2D eigenvalue weighted by Crippen LogP contribution is -2.53. The van der Waals surface area contributed by atoms with Crippen LogP contribution in [0.5, 0.6) is 0 Å². The fraction of sp³-hybridized carbons (Fsp3) is 0.294. The fourth-order valence-corrected chi connectivity index (χ4v) is 2.20. The molecule has 22 heavy (non-hydrogen) atoms. The molecule has 0 saturated heterocycles. The van der Waals surface area contributed by atoms with E-state index < -0.39 is 17.6 Å². The number of benzene rings is 2. The molecule has 1 N–H and O–H groups in total. The predicted octanol–water partition coefficient (Wildman–Crippen LogP) is 2.18. The van der Waals surface area contributed by atoms with Crippen molar-refractivity contribution in [1.82, 2.24) is 4.90 Å². The molecule has 2 aromatic rings. The van der Waals surface area contributed by atoms with E-state index >= 15 is 0 Å². The molecule has 1 amide bonds. The van der Waals surface area contributed by atoms with Crippen molar-refractivity contribution in [2.75, 3.05) is 13.7 Å². The number of aliphatic hydroxyl groups is 1. The zero-order valence-corrected chi connectivity index (χ0v) is 12.9. The number of ether oxygens (including phenoxy) is 1. The minimum Gasteiger partial charge on any atom is -0.462 e. The number of likely N-dealkylation sites (N-methyl/N-ethyl adjacent to an activating group) is 1. The minimum atomic E-state index is -2.02. The van der Waals surface area contributed by atoms with Crippen LogP contribution in [0.25, 0.3) is 10.8 Å². The number of rotatable bonds is 4. The number of hydrogen-bond donors (Lipinski definition) is 1. The molecule has 5 nitrogen and oxygen atoms in total. The number of hydrogen-bond acceptors (Lipinski definition) is 4. The summed E-state index contributed by atoms with van der Waals surface area (Å²) in [6.07, 6.45) is 0. The topological polar surface area (TPSA) is 66.8 Å². The lowest BCUT2D eigenvalue weighted by molar-refractivity contribution is -0.177. The maximum absolute atomic E-state index is 12.7. The maximum Gasteiger partial charge on any atom is 0.359 e. The standard InChI is InChI=1S/C17H19NO4/c1-4-22-16(20)17(2,21)18(3)15(19)14-11-7-9-12-8-5-6-10-13(12)14/h5-11,21H,4H2,1-3H3. The Morgan fingerprint density at radius 1 is 1.18 bits per heavy atom. The van der Waals surface area contributed by atoms with Gasteiger partial charge in [-0.1, -0.05) is 36.4 Å². The van der Waals surface area contributed by atoms with Crippen molar-refractivity contribution in [2.24, 2.45) is 0 Å². The second-order valence-electron chi connectivity index (χ2n) is 5.13. The summed E-state index contributed by atoms with van der Waals surface area (Å²) in [6.45, 7) is 3.01. The van der Waals surface area contributed by atoms with Gasteiger partial charge in [-0.2, -0.15) is 0 Å². The summed E-state index contributed by atoms with van der Waals surface area (Å²) in [5, 5.41) is 12.0. The smallest absolute Gasteiger partial charge is 0.359 e. The molecule has 116 valence electrons. The first-order valence-electron chi connectivity index (χ1n) is 7.05. The summed E-state index contributed by atoms with van der Waals surface area (Å²) in [5.41, 5.74) is -1.60. The first kappa shape index (κ1) is 16.0. The van der Waals surface area contributed by atoms with Gasteiger partial charge in [0.25, 0.3) is 5.91 Å². The van der Waals surface area contributed by atoms with Crippen LogP contribution in [0, 0.1) is 0 Å². The molecule has 0 heterocycles. The van der Waals surface area contributed by atoms with Crippen molar-refractivity contribution >= 4 is 22.6 Å². The molecule has 2 rings (SSSR count). The van der Waals surface area contributed by atoms with Gasteiger partial charge in [-0.05, 0) is 30.7 Å². The van der Waals surface area contributed by atoms with Crippen LogP contribution in [-0.4, -0.2) is 41.3 Å². The number of carbonyl (C=O) groups is 2. The molecule has 0 bridgehead atoms. The number of amides is 1.